The maximum absolute atomic E-state index is 13.6. The second kappa shape index (κ2) is 10.2. The van der Waals surface area contributed by atoms with Gasteiger partial charge >= 0.3 is 0 Å². The molecule has 2 heterocycles. The van der Waals surface area contributed by atoms with Crippen molar-refractivity contribution < 1.29 is 19.5 Å². The lowest BCUT2D eigenvalue weighted by Crippen LogP contribution is -2.55. The Morgan fingerprint density at radius 2 is 1.89 bits per heavy atom. The van der Waals surface area contributed by atoms with Crippen LogP contribution in [0.4, 0.5) is 0 Å². The SMILES string of the molecule is N[C@@]1(c2ccc(OCc3ccnc4ccccc34)cc2)CCN(C(C(=O)NO)C2CCCCC2)C1=O. The fourth-order valence-corrected chi connectivity index (χ4v) is 5.71. The Morgan fingerprint density at radius 3 is 2.64 bits per heavy atom. The van der Waals surface area contributed by atoms with Gasteiger partial charge in [0.1, 0.15) is 23.9 Å². The Balaban J connectivity index is 1.30. The highest BCUT2D eigenvalue weighted by atomic mass is 16.5. The number of pyridine rings is 1. The van der Waals surface area contributed by atoms with E-state index in [1.807, 2.05) is 54.6 Å². The number of amides is 2. The number of aromatic nitrogens is 1. The highest BCUT2D eigenvalue weighted by molar-refractivity contribution is 5.94. The zero-order chi connectivity index (χ0) is 25.1. The summed E-state index contributed by atoms with van der Waals surface area (Å²) >= 11 is 0. The Labute approximate surface area is 210 Å². The number of likely N-dealkylation sites (tertiary alicyclic amines) is 1. The molecule has 1 saturated carbocycles. The molecule has 8 nitrogen and oxygen atoms in total. The third kappa shape index (κ3) is 4.54. The van der Waals surface area contributed by atoms with E-state index in [1.165, 1.54) is 0 Å². The molecule has 2 aromatic carbocycles. The summed E-state index contributed by atoms with van der Waals surface area (Å²) in [4.78, 5) is 32.1. The van der Waals surface area contributed by atoms with Gasteiger partial charge in [0, 0.05) is 23.7 Å². The van der Waals surface area contributed by atoms with Crippen LogP contribution < -0.4 is 16.0 Å². The van der Waals surface area contributed by atoms with Crippen molar-refractivity contribution >= 4 is 22.7 Å². The number of nitrogens with zero attached hydrogens (tertiary/aromatic N) is 2. The second-order valence-corrected chi connectivity index (χ2v) is 9.84. The van der Waals surface area contributed by atoms with Crippen LogP contribution in [-0.2, 0) is 21.7 Å². The molecule has 1 aliphatic heterocycles. The lowest BCUT2D eigenvalue weighted by Gasteiger charge is -2.36. The fraction of sp³-hybridized carbons (Fsp3) is 0.393. The normalized spacial score (nSPS) is 21.5. The minimum absolute atomic E-state index is 0.0252. The molecule has 188 valence electrons. The van der Waals surface area contributed by atoms with E-state index >= 15 is 0 Å². The maximum atomic E-state index is 13.6. The first-order valence-corrected chi connectivity index (χ1v) is 12.6. The number of rotatable bonds is 7. The first kappa shape index (κ1) is 24.2. The summed E-state index contributed by atoms with van der Waals surface area (Å²) in [6, 6.07) is 16.5. The summed E-state index contributed by atoms with van der Waals surface area (Å²) in [5.74, 6) is -0.118. The van der Waals surface area contributed by atoms with E-state index < -0.39 is 17.5 Å². The molecular formula is C28H32N4O4. The van der Waals surface area contributed by atoms with Gasteiger partial charge in [-0.1, -0.05) is 49.6 Å². The smallest absolute Gasteiger partial charge is 0.266 e. The molecule has 5 rings (SSSR count). The Bertz CT molecular complexity index is 1240. The van der Waals surface area contributed by atoms with Gasteiger partial charge in [0.05, 0.1) is 5.52 Å². The molecule has 36 heavy (non-hydrogen) atoms. The molecule has 1 unspecified atom stereocenters. The van der Waals surface area contributed by atoms with Crippen LogP contribution in [0.25, 0.3) is 10.9 Å². The number of nitrogens with one attached hydrogen (secondary N) is 1. The molecule has 0 radical (unpaired) electrons. The van der Waals surface area contributed by atoms with Gasteiger partial charge in [0.25, 0.3) is 5.91 Å². The number of hydroxylamine groups is 1. The number of benzene rings is 2. The first-order chi connectivity index (χ1) is 17.5. The van der Waals surface area contributed by atoms with E-state index in [1.54, 1.807) is 16.6 Å². The Morgan fingerprint density at radius 1 is 1.14 bits per heavy atom. The van der Waals surface area contributed by atoms with E-state index in [-0.39, 0.29) is 11.8 Å². The Hall–Kier alpha value is -3.49. The van der Waals surface area contributed by atoms with Gasteiger partial charge < -0.3 is 15.4 Å². The third-order valence-electron chi connectivity index (χ3n) is 7.70. The first-order valence-electron chi connectivity index (χ1n) is 12.6. The van der Waals surface area contributed by atoms with Crippen LogP contribution in [0.15, 0.2) is 60.8 Å². The quantitative estimate of drug-likeness (QED) is 0.345. The van der Waals surface area contributed by atoms with Gasteiger partial charge in [-0.2, -0.15) is 0 Å². The van der Waals surface area contributed by atoms with Crippen molar-refractivity contribution in [3.8, 4) is 5.75 Å². The van der Waals surface area contributed by atoms with Crippen molar-refractivity contribution in [2.75, 3.05) is 6.54 Å². The molecule has 2 aliphatic rings. The Kier molecular flexibility index (Phi) is 6.89. The number of fused-ring (bicyclic) bond motifs is 1. The molecule has 3 aromatic rings. The van der Waals surface area contributed by atoms with E-state index in [9.17, 15) is 14.8 Å². The summed E-state index contributed by atoms with van der Waals surface area (Å²) in [6.07, 6.45) is 7.06. The molecule has 0 spiro atoms. The van der Waals surface area contributed by atoms with Gasteiger partial charge in [0.2, 0.25) is 5.91 Å². The van der Waals surface area contributed by atoms with E-state index in [0.717, 1.165) is 48.6 Å². The fourth-order valence-electron chi connectivity index (χ4n) is 5.71. The zero-order valence-electron chi connectivity index (χ0n) is 20.2. The van der Waals surface area contributed by atoms with Crippen molar-refractivity contribution in [3.05, 3.63) is 71.9 Å². The highest BCUT2D eigenvalue weighted by Gasteiger charge is 2.50. The van der Waals surface area contributed by atoms with Gasteiger partial charge in [-0.3, -0.25) is 19.8 Å². The standard InChI is InChI=1S/C28H32N4O4/c29-28(15-17-32(27(28)34)25(26(33)31-35)19-6-2-1-3-7-19)21-10-12-22(13-11-21)36-18-20-14-16-30-24-9-5-4-8-23(20)24/h4-5,8-14,16,19,25,35H,1-3,6-7,15,17-18,29H2,(H,31,33)/t25?,28-/m1/s1. The monoisotopic (exact) mass is 488 g/mol. The minimum Gasteiger partial charge on any atom is -0.489 e. The molecule has 2 fully saturated rings. The highest BCUT2D eigenvalue weighted by Crippen LogP contribution is 2.37. The summed E-state index contributed by atoms with van der Waals surface area (Å²) in [7, 11) is 0. The average Bonchev–Trinajstić information content (AvgIpc) is 3.23. The topological polar surface area (TPSA) is 118 Å². The lowest BCUT2D eigenvalue weighted by molar-refractivity contribution is -0.146. The van der Waals surface area contributed by atoms with Gasteiger partial charge in [-0.05, 0) is 55.0 Å². The van der Waals surface area contributed by atoms with E-state index in [2.05, 4.69) is 4.98 Å². The number of carbonyl (C=O) groups is 2. The number of ether oxygens (including phenoxy) is 1. The molecule has 1 saturated heterocycles. The molecule has 2 atom stereocenters. The van der Waals surface area contributed by atoms with Crippen LogP contribution in [-0.4, -0.2) is 39.5 Å². The summed E-state index contributed by atoms with van der Waals surface area (Å²) < 4.78 is 6.02. The molecule has 0 bridgehead atoms. The van der Waals surface area contributed by atoms with Gasteiger partial charge in [-0.25, -0.2) is 5.48 Å². The number of carbonyl (C=O) groups excluding carboxylic acids is 2. The molecule has 8 heteroatoms. The van der Waals surface area contributed by atoms with Crippen LogP contribution in [0.5, 0.6) is 5.75 Å². The van der Waals surface area contributed by atoms with Crippen molar-refractivity contribution in [1.29, 1.82) is 0 Å². The van der Waals surface area contributed by atoms with Crippen molar-refractivity contribution in [1.82, 2.24) is 15.4 Å². The molecule has 4 N–H and O–H groups in total. The van der Waals surface area contributed by atoms with Crippen LogP contribution in [0.2, 0.25) is 0 Å². The van der Waals surface area contributed by atoms with Crippen molar-refractivity contribution in [3.63, 3.8) is 0 Å². The number of para-hydroxylation sites is 1. The lowest BCUT2D eigenvalue weighted by atomic mass is 9.82. The summed E-state index contributed by atoms with van der Waals surface area (Å²) in [6.45, 7) is 0.763. The molecule has 1 aliphatic carbocycles. The molecular weight excluding hydrogens is 456 g/mol. The van der Waals surface area contributed by atoms with Crippen LogP contribution in [0.3, 0.4) is 0 Å². The predicted octanol–water partition coefficient (Wildman–Crippen LogP) is 3.65. The number of hydrogen-bond donors (Lipinski definition) is 3. The summed E-state index contributed by atoms with van der Waals surface area (Å²) in [5.41, 5.74) is 9.87. The number of hydrogen-bond acceptors (Lipinski definition) is 6. The predicted molar refractivity (Wildman–Crippen MR) is 135 cm³/mol. The second-order valence-electron chi connectivity index (χ2n) is 9.84. The maximum Gasteiger partial charge on any atom is 0.266 e. The summed E-state index contributed by atoms with van der Waals surface area (Å²) in [5, 5.41) is 10.4. The van der Waals surface area contributed by atoms with Crippen LogP contribution >= 0.6 is 0 Å². The average molecular weight is 489 g/mol. The number of nitrogens with two attached hydrogens (primary N) is 1. The van der Waals surface area contributed by atoms with Gasteiger partial charge in [-0.15, -0.1) is 0 Å². The van der Waals surface area contributed by atoms with Crippen molar-refractivity contribution in [2.45, 2.75) is 56.7 Å². The largest absolute Gasteiger partial charge is 0.489 e. The minimum atomic E-state index is -1.22. The van der Waals surface area contributed by atoms with E-state index in [4.69, 9.17) is 10.5 Å². The molecule has 1 aromatic heterocycles. The molecule has 2 amide bonds. The van der Waals surface area contributed by atoms with Crippen LogP contribution in [0, 0.1) is 5.92 Å². The van der Waals surface area contributed by atoms with Gasteiger partial charge in [0.15, 0.2) is 0 Å². The zero-order valence-corrected chi connectivity index (χ0v) is 20.2. The van der Waals surface area contributed by atoms with Crippen molar-refractivity contribution in [2.24, 2.45) is 11.7 Å². The van der Waals surface area contributed by atoms with E-state index in [0.29, 0.717) is 30.9 Å². The third-order valence-corrected chi connectivity index (χ3v) is 7.70. The van der Waals surface area contributed by atoms with Crippen LogP contribution in [0.1, 0.15) is 49.7 Å².